The van der Waals surface area contributed by atoms with Crippen LogP contribution in [0.5, 0.6) is 0 Å². The number of nitrogens with zero attached hydrogens (tertiary/aromatic N) is 1. The number of rotatable bonds is 4. The summed E-state index contributed by atoms with van der Waals surface area (Å²) in [6.07, 6.45) is 3.91. The molecular formula is C15H15BrINO2S. The first-order chi connectivity index (χ1) is 9.60. The minimum atomic E-state index is -0.370. The van der Waals surface area contributed by atoms with Gasteiger partial charge >= 0.3 is 5.97 Å². The molecule has 1 atom stereocenters. The molecule has 0 aliphatic carbocycles. The number of hydrogen-bond donors (Lipinski definition) is 0. The molecule has 2 rings (SSSR count). The maximum Gasteiger partial charge on any atom is 0.323 e. The van der Waals surface area contributed by atoms with Crippen LogP contribution >= 0.6 is 27.7 Å². The Bertz CT molecular complexity index is 607. The third kappa shape index (κ3) is 5.27. The van der Waals surface area contributed by atoms with Gasteiger partial charge in [0.05, 0.1) is 7.11 Å². The van der Waals surface area contributed by atoms with Crippen LogP contribution in [0.4, 0.5) is 0 Å². The monoisotopic (exact) mass is 479 g/mol. The standard InChI is InChI=1S/C15H15BrNO2S.HI/c1-17-8-6-13(7-9-17)20-14(15(18)19-2)11-4-3-5-12(16)10-11;/h3-10,14H,1-2H3;1H/q+1;/p-1. The number of aryl methyl sites for hydroxylation is 1. The van der Waals surface area contributed by atoms with E-state index in [0.29, 0.717) is 0 Å². The summed E-state index contributed by atoms with van der Waals surface area (Å²) in [5.74, 6) is -0.249. The van der Waals surface area contributed by atoms with Crippen LogP contribution in [0.25, 0.3) is 0 Å². The summed E-state index contributed by atoms with van der Waals surface area (Å²) in [5, 5.41) is -0.370. The van der Waals surface area contributed by atoms with E-state index in [2.05, 4.69) is 15.9 Å². The molecule has 0 aliphatic rings. The Morgan fingerprint density at radius 2 is 1.95 bits per heavy atom. The number of hydrogen-bond acceptors (Lipinski definition) is 3. The molecule has 1 aromatic heterocycles. The summed E-state index contributed by atoms with van der Waals surface area (Å²) in [4.78, 5) is 13.1. The number of benzene rings is 1. The highest BCUT2D eigenvalue weighted by Gasteiger charge is 2.23. The van der Waals surface area contributed by atoms with Crippen molar-refractivity contribution in [1.29, 1.82) is 0 Å². The van der Waals surface area contributed by atoms with Crippen molar-refractivity contribution in [2.24, 2.45) is 7.05 Å². The van der Waals surface area contributed by atoms with E-state index in [1.165, 1.54) is 18.9 Å². The van der Waals surface area contributed by atoms with E-state index in [-0.39, 0.29) is 35.2 Å². The summed E-state index contributed by atoms with van der Waals surface area (Å²) in [5.41, 5.74) is 0.921. The Morgan fingerprint density at radius 1 is 1.29 bits per heavy atom. The minimum absolute atomic E-state index is 0. The fourth-order valence-electron chi connectivity index (χ4n) is 1.73. The molecule has 112 valence electrons. The van der Waals surface area contributed by atoms with Crippen molar-refractivity contribution in [2.45, 2.75) is 10.1 Å². The first-order valence-corrected chi connectivity index (χ1v) is 7.72. The highest BCUT2D eigenvalue weighted by molar-refractivity contribution is 9.10. The van der Waals surface area contributed by atoms with Crippen molar-refractivity contribution in [3.05, 3.63) is 58.8 Å². The van der Waals surface area contributed by atoms with Crippen LogP contribution in [0.3, 0.4) is 0 Å². The average molecular weight is 480 g/mol. The maximum absolute atomic E-state index is 12.0. The molecule has 0 aliphatic heterocycles. The average Bonchev–Trinajstić information content (AvgIpc) is 2.46. The highest BCUT2D eigenvalue weighted by Crippen LogP contribution is 2.36. The quantitative estimate of drug-likeness (QED) is 0.273. The third-order valence-electron chi connectivity index (χ3n) is 2.77. The van der Waals surface area contributed by atoms with E-state index in [1.54, 1.807) is 0 Å². The molecule has 21 heavy (non-hydrogen) atoms. The summed E-state index contributed by atoms with van der Waals surface area (Å²) < 4.78 is 7.83. The predicted octanol–water partition coefficient (Wildman–Crippen LogP) is 0.284. The van der Waals surface area contributed by atoms with Gasteiger partial charge in [-0.05, 0) is 17.7 Å². The predicted molar refractivity (Wildman–Crippen MR) is 82.4 cm³/mol. The highest BCUT2D eigenvalue weighted by atomic mass is 127. The Hall–Kier alpha value is -0.600. The molecule has 6 heteroatoms. The fraction of sp³-hybridized carbons (Fsp3) is 0.200. The van der Waals surface area contributed by atoms with Gasteiger partial charge in [0.2, 0.25) is 0 Å². The molecule has 1 aromatic carbocycles. The Labute approximate surface area is 154 Å². The number of carbonyl (C=O) groups is 1. The van der Waals surface area contributed by atoms with Gasteiger partial charge in [-0.2, -0.15) is 0 Å². The van der Waals surface area contributed by atoms with E-state index in [9.17, 15) is 4.79 Å². The second-order valence-electron chi connectivity index (χ2n) is 4.28. The molecule has 2 aromatic rings. The van der Waals surface area contributed by atoms with Gasteiger partial charge in [0.25, 0.3) is 0 Å². The van der Waals surface area contributed by atoms with Crippen LogP contribution < -0.4 is 28.5 Å². The number of thioether (sulfide) groups is 1. The summed E-state index contributed by atoms with van der Waals surface area (Å²) in [6, 6.07) is 11.7. The summed E-state index contributed by atoms with van der Waals surface area (Å²) in [7, 11) is 3.37. The molecule has 0 spiro atoms. The lowest BCUT2D eigenvalue weighted by molar-refractivity contribution is -0.671. The number of methoxy groups -OCH3 is 1. The van der Waals surface area contributed by atoms with Gasteiger partial charge in [-0.1, -0.05) is 28.1 Å². The molecule has 0 N–H and O–H groups in total. The molecule has 0 amide bonds. The van der Waals surface area contributed by atoms with Crippen LogP contribution in [0.1, 0.15) is 10.8 Å². The van der Waals surface area contributed by atoms with E-state index in [0.717, 1.165) is 14.9 Å². The normalized spacial score (nSPS) is 11.4. The number of pyridine rings is 1. The lowest BCUT2D eigenvalue weighted by atomic mass is 10.1. The zero-order valence-electron chi connectivity index (χ0n) is 11.6. The van der Waals surface area contributed by atoms with E-state index in [4.69, 9.17) is 4.74 Å². The van der Waals surface area contributed by atoms with Gasteiger partial charge in [-0.25, -0.2) is 4.57 Å². The smallest absolute Gasteiger partial charge is 0.323 e. The van der Waals surface area contributed by atoms with Crippen molar-refractivity contribution in [2.75, 3.05) is 7.11 Å². The number of esters is 1. The number of ether oxygens (including phenoxy) is 1. The molecule has 0 saturated heterocycles. The second kappa shape index (κ2) is 8.75. The van der Waals surface area contributed by atoms with Gasteiger partial charge in [-0.3, -0.25) is 4.79 Å². The SMILES string of the molecule is COC(=O)C(Sc1cc[n+](C)cc1)c1cccc(Br)c1.[I-]. The first kappa shape index (κ1) is 18.4. The maximum atomic E-state index is 12.0. The molecular weight excluding hydrogens is 465 g/mol. The number of carbonyl (C=O) groups excluding carboxylic acids is 1. The van der Waals surface area contributed by atoms with Crippen LogP contribution in [0.2, 0.25) is 0 Å². The topological polar surface area (TPSA) is 30.2 Å². The fourth-order valence-corrected chi connectivity index (χ4v) is 3.17. The van der Waals surface area contributed by atoms with E-state index < -0.39 is 0 Å². The second-order valence-corrected chi connectivity index (χ2v) is 6.37. The number of aromatic nitrogens is 1. The van der Waals surface area contributed by atoms with Gasteiger partial charge in [0.1, 0.15) is 12.3 Å². The van der Waals surface area contributed by atoms with Crippen molar-refractivity contribution in [3.63, 3.8) is 0 Å². The first-order valence-electron chi connectivity index (χ1n) is 6.05. The molecule has 3 nitrogen and oxygen atoms in total. The zero-order valence-corrected chi connectivity index (χ0v) is 16.2. The minimum Gasteiger partial charge on any atom is -1.00 e. The Balaban J connectivity index is 0.00000220. The zero-order chi connectivity index (χ0) is 14.5. The van der Waals surface area contributed by atoms with Crippen molar-refractivity contribution in [3.8, 4) is 0 Å². The molecule has 1 heterocycles. The van der Waals surface area contributed by atoms with Gasteiger partial charge in [0.15, 0.2) is 12.4 Å². The van der Waals surface area contributed by atoms with Crippen LogP contribution in [-0.2, 0) is 16.6 Å². The van der Waals surface area contributed by atoms with Gasteiger partial charge in [-0.15, -0.1) is 11.8 Å². The van der Waals surface area contributed by atoms with Crippen LogP contribution in [0.15, 0.2) is 58.2 Å². The van der Waals surface area contributed by atoms with Crippen molar-refractivity contribution in [1.82, 2.24) is 0 Å². The molecule has 0 fully saturated rings. The molecule has 0 bridgehead atoms. The summed E-state index contributed by atoms with van der Waals surface area (Å²) >= 11 is 4.91. The van der Waals surface area contributed by atoms with Crippen molar-refractivity contribution >= 4 is 33.7 Å². The lowest BCUT2D eigenvalue weighted by Crippen LogP contribution is -3.00. The van der Waals surface area contributed by atoms with Gasteiger partial charge in [0, 0.05) is 21.5 Å². The largest absolute Gasteiger partial charge is 1.00 e. The molecule has 0 saturated carbocycles. The van der Waals surface area contributed by atoms with E-state index in [1.807, 2.05) is 60.4 Å². The van der Waals surface area contributed by atoms with Crippen LogP contribution in [0, 0.1) is 0 Å². The lowest BCUT2D eigenvalue weighted by Gasteiger charge is -2.14. The molecule has 0 radical (unpaired) electrons. The van der Waals surface area contributed by atoms with Crippen LogP contribution in [-0.4, -0.2) is 13.1 Å². The summed E-state index contributed by atoms with van der Waals surface area (Å²) in [6.45, 7) is 0. The third-order valence-corrected chi connectivity index (χ3v) is 4.51. The van der Waals surface area contributed by atoms with Crippen molar-refractivity contribution < 1.29 is 38.1 Å². The Morgan fingerprint density at radius 3 is 2.52 bits per heavy atom. The van der Waals surface area contributed by atoms with Gasteiger partial charge < -0.3 is 28.7 Å². The Kier molecular flexibility index (Phi) is 7.69. The molecule has 1 unspecified atom stereocenters. The van der Waals surface area contributed by atoms with E-state index >= 15 is 0 Å². The number of halogens is 2.